The fourth-order valence-corrected chi connectivity index (χ4v) is 6.28. The van der Waals surface area contributed by atoms with Crippen LogP contribution in [0.3, 0.4) is 0 Å². The molecule has 1 heterocycles. The molecule has 1 aliphatic heterocycles. The Hall–Kier alpha value is -4.03. The highest BCUT2D eigenvalue weighted by Crippen LogP contribution is 2.48. The van der Waals surface area contributed by atoms with Gasteiger partial charge in [0.1, 0.15) is 19.0 Å². The Morgan fingerprint density at radius 3 is 2.05 bits per heavy atom. The van der Waals surface area contributed by atoms with E-state index in [2.05, 4.69) is 5.32 Å². The zero-order valence-electron chi connectivity index (χ0n) is 23.7. The van der Waals surface area contributed by atoms with E-state index in [1.807, 2.05) is 67.6 Å². The van der Waals surface area contributed by atoms with Gasteiger partial charge in [0.2, 0.25) is 0 Å². The Labute approximate surface area is 251 Å². The van der Waals surface area contributed by atoms with E-state index in [-0.39, 0.29) is 18.2 Å². The lowest BCUT2D eigenvalue weighted by Crippen LogP contribution is -2.36. The van der Waals surface area contributed by atoms with Crippen LogP contribution in [0.2, 0.25) is 5.02 Å². The van der Waals surface area contributed by atoms with Gasteiger partial charge in [-0.15, -0.1) is 0 Å². The van der Waals surface area contributed by atoms with E-state index < -0.39 is 5.92 Å². The number of ketones is 2. The van der Waals surface area contributed by atoms with Crippen LogP contribution in [0.4, 0.5) is 0 Å². The molecule has 216 valence electrons. The highest BCUT2D eigenvalue weighted by Gasteiger charge is 2.41. The van der Waals surface area contributed by atoms with Crippen molar-refractivity contribution in [2.45, 2.75) is 64.6 Å². The maximum absolute atomic E-state index is 13.3. The Morgan fingerprint density at radius 2 is 1.36 bits per heavy atom. The van der Waals surface area contributed by atoms with E-state index in [9.17, 15) is 9.59 Å². The van der Waals surface area contributed by atoms with Crippen LogP contribution in [-0.4, -0.2) is 18.2 Å². The number of dihydropyridines is 1. The van der Waals surface area contributed by atoms with Crippen LogP contribution in [0.15, 0.2) is 89.3 Å². The molecule has 3 aliphatic rings. The first-order valence-corrected chi connectivity index (χ1v) is 15.0. The predicted molar refractivity (Wildman–Crippen MR) is 162 cm³/mol. The van der Waals surface area contributed by atoms with Gasteiger partial charge >= 0.3 is 0 Å². The third-order valence-corrected chi connectivity index (χ3v) is 8.25. The highest BCUT2D eigenvalue weighted by atomic mass is 35.5. The van der Waals surface area contributed by atoms with Crippen molar-refractivity contribution in [3.05, 3.63) is 111 Å². The standard InChI is InChI=1S/C35H34ClNO5/c1-2-40-32-18-23(14-16-31(32)42-20-22-8-4-3-5-9-22)21-41-30-17-15-24(36)19-25(30)33-34-26(10-6-12-28(34)38)37-27-11-7-13-29(39)35(27)33/h3-5,8-9,14-19,33,37H,2,6-7,10-13,20-21H2,1H3. The van der Waals surface area contributed by atoms with Crippen molar-refractivity contribution < 1.29 is 23.8 Å². The Morgan fingerprint density at radius 1 is 0.714 bits per heavy atom. The summed E-state index contributed by atoms with van der Waals surface area (Å²) in [5.41, 5.74) is 5.96. The number of hydrogen-bond acceptors (Lipinski definition) is 6. The summed E-state index contributed by atoms with van der Waals surface area (Å²) >= 11 is 6.52. The molecule has 0 amide bonds. The number of carbonyl (C=O) groups excluding carboxylic acids is 2. The normalized spacial score (nSPS) is 17.0. The molecule has 0 unspecified atom stereocenters. The minimum atomic E-state index is -0.488. The van der Waals surface area contributed by atoms with Crippen molar-refractivity contribution in [3.8, 4) is 17.2 Å². The largest absolute Gasteiger partial charge is 0.490 e. The molecule has 7 heteroatoms. The van der Waals surface area contributed by atoms with E-state index in [0.717, 1.165) is 53.8 Å². The third-order valence-electron chi connectivity index (χ3n) is 8.01. The lowest BCUT2D eigenvalue weighted by molar-refractivity contribution is -0.117. The zero-order chi connectivity index (χ0) is 29.1. The first-order valence-electron chi connectivity index (χ1n) is 14.7. The summed E-state index contributed by atoms with van der Waals surface area (Å²) in [5, 5.41) is 4.00. The van der Waals surface area contributed by atoms with Crippen molar-refractivity contribution >= 4 is 23.2 Å². The minimum absolute atomic E-state index is 0.0806. The first-order chi connectivity index (χ1) is 20.5. The molecule has 6 rings (SSSR count). The summed E-state index contributed by atoms with van der Waals surface area (Å²) in [6.07, 6.45) is 4.14. The van der Waals surface area contributed by atoms with Gasteiger partial charge in [-0.1, -0.05) is 48.0 Å². The van der Waals surface area contributed by atoms with Crippen molar-refractivity contribution in [1.29, 1.82) is 0 Å². The number of ether oxygens (including phenoxy) is 3. The summed E-state index contributed by atoms with van der Waals surface area (Å²) in [6.45, 7) is 3.14. The molecule has 0 fully saturated rings. The molecule has 2 aliphatic carbocycles. The van der Waals surface area contributed by atoms with E-state index >= 15 is 0 Å². The quantitative estimate of drug-likeness (QED) is 0.280. The van der Waals surface area contributed by atoms with E-state index in [4.69, 9.17) is 25.8 Å². The van der Waals surface area contributed by atoms with Crippen LogP contribution in [0.25, 0.3) is 0 Å². The first kappa shape index (κ1) is 28.1. The van der Waals surface area contributed by atoms with Gasteiger partial charge in [0.25, 0.3) is 0 Å². The lowest BCUT2D eigenvalue weighted by atomic mass is 9.71. The third kappa shape index (κ3) is 5.82. The van der Waals surface area contributed by atoms with Crippen molar-refractivity contribution in [3.63, 3.8) is 0 Å². The molecule has 0 saturated heterocycles. The number of hydrogen-bond donors (Lipinski definition) is 1. The average molecular weight is 584 g/mol. The SMILES string of the molecule is CCOc1cc(COc2ccc(Cl)cc2C2C3=C(CCCC3=O)NC3=C2C(=O)CCC3)ccc1OCc1ccccc1. The molecular weight excluding hydrogens is 550 g/mol. The molecule has 3 aromatic rings. The number of benzene rings is 3. The molecular formula is C35H34ClNO5. The van der Waals surface area contributed by atoms with Gasteiger partial charge < -0.3 is 19.5 Å². The predicted octanol–water partition coefficient (Wildman–Crippen LogP) is 7.60. The van der Waals surface area contributed by atoms with Crippen LogP contribution in [0.5, 0.6) is 17.2 Å². The molecule has 0 atom stereocenters. The van der Waals surface area contributed by atoms with Gasteiger partial charge in [-0.2, -0.15) is 0 Å². The Balaban J connectivity index is 1.29. The number of carbonyl (C=O) groups is 2. The molecule has 0 saturated carbocycles. The molecule has 6 nitrogen and oxygen atoms in total. The fraction of sp³-hybridized carbons (Fsp3) is 0.314. The average Bonchev–Trinajstić information content (AvgIpc) is 3.00. The smallest absolute Gasteiger partial charge is 0.161 e. The number of allylic oxidation sites excluding steroid dienone is 4. The lowest BCUT2D eigenvalue weighted by Gasteiger charge is -2.37. The van der Waals surface area contributed by atoms with Crippen LogP contribution < -0.4 is 19.5 Å². The summed E-state index contributed by atoms with van der Waals surface area (Å²) in [5.74, 6) is 1.59. The van der Waals surface area contributed by atoms with Gasteiger partial charge in [0.05, 0.1) is 6.61 Å². The van der Waals surface area contributed by atoms with E-state index in [1.54, 1.807) is 6.07 Å². The molecule has 3 aromatic carbocycles. The Kier molecular flexibility index (Phi) is 8.34. The van der Waals surface area contributed by atoms with Gasteiger partial charge in [0, 0.05) is 51.9 Å². The topological polar surface area (TPSA) is 73.9 Å². The summed E-state index contributed by atoms with van der Waals surface area (Å²) in [4.78, 5) is 26.6. The molecule has 0 radical (unpaired) electrons. The van der Waals surface area contributed by atoms with Crippen molar-refractivity contribution in [2.24, 2.45) is 0 Å². The molecule has 42 heavy (non-hydrogen) atoms. The maximum atomic E-state index is 13.3. The van der Waals surface area contributed by atoms with Gasteiger partial charge in [-0.25, -0.2) is 0 Å². The number of Topliss-reactive ketones (excluding diaryl/α,β-unsaturated/α-hetero) is 2. The van der Waals surface area contributed by atoms with Crippen LogP contribution in [0, 0.1) is 0 Å². The van der Waals surface area contributed by atoms with Crippen LogP contribution in [-0.2, 0) is 22.8 Å². The van der Waals surface area contributed by atoms with E-state index in [1.165, 1.54) is 0 Å². The zero-order valence-corrected chi connectivity index (χ0v) is 24.5. The molecule has 1 N–H and O–H groups in total. The fourth-order valence-electron chi connectivity index (χ4n) is 6.10. The monoisotopic (exact) mass is 583 g/mol. The van der Waals surface area contributed by atoms with Gasteiger partial charge in [0.15, 0.2) is 23.1 Å². The van der Waals surface area contributed by atoms with E-state index in [0.29, 0.717) is 59.5 Å². The van der Waals surface area contributed by atoms with Crippen LogP contribution >= 0.6 is 11.6 Å². The second-order valence-electron chi connectivity index (χ2n) is 10.9. The second kappa shape index (κ2) is 12.5. The summed E-state index contributed by atoms with van der Waals surface area (Å²) in [6, 6.07) is 21.2. The summed E-state index contributed by atoms with van der Waals surface area (Å²) < 4.78 is 18.4. The van der Waals surface area contributed by atoms with Gasteiger partial charge in [-0.3, -0.25) is 9.59 Å². The highest BCUT2D eigenvalue weighted by molar-refractivity contribution is 6.30. The molecule has 0 spiro atoms. The van der Waals surface area contributed by atoms with Gasteiger partial charge in [-0.05, 0) is 74.1 Å². The molecule has 0 bridgehead atoms. The molecule has 0 aromatic heterocycles. The maximum Gasteiger partial charge on any atom is 0.161 e. The van der Waals surface area contributed by atoms with Crippen LogP contribution in [0.1, 0.15) is 68.1 Å². The van der Waals surface area contributed by atoms with Crippen molar-refractivity contribution in [1.82, 2.24) is 5.32 Å². The Bertz CT molecular complexity index is 1530. The number of nitrogens with one attached hydrogen (secondary N) is 1. The van der Waals surface area contributed by atoms with Crippen molar-refractivity contribution in [2.75, 3.05) is 6.61 Å². The summed E-state index contributed by atoms with van der Waals surface area (Å²) in [7, 11) is 0. The number of halogens is 1. The number of rotatable bonds is 9. The minimum Gasteiger partial charge on any atom is -0.490 e. The second-order valence-corrected chi connectivity index (χ2v) is 11.3.